The van der Waals surface area contributed by atoms with Gasteiger partial charge in [0.05, 0.1) is 22.4 Å². The van der Waals surface area contributed by atoms with E-state index in [9.17, 15) is 19.5 Å². The number of fused-ring (bicyclic) bond motifs is 1. The van der Waals surface area contributed by atoms with Crippen LogP contribution in [0.5, 0.6) is 0 Å². The fourth-order valence-corrected chi connectivity index (χ4v) is 7.88. The standard InChI is InChI=1S/C35H36N6O4S/c1-38-16-9-28-31(38)37-23-41(33(28)43)22-35(45)12-18-39(19-13-35)32(42)27-10-17-40(21-29(27)24-5-3-2-4-6-24)34(44)30-26(11-20-46-30)25-7-14-36-15-8-25/h2-9,11,14-16,20,23,27,29,45H,10,12-13,17-19,21-22H2,1H3/t27-,29+/m1/s1. The highest BCUT2D eigenvalue weighted by atomic mass is 32.1. The largest absolute Gasteiger partial charge is 0.388 e. The quantitative estimate of drug-likeness (QED) is 0.300. The summed E-state index contributed by atoms with van der Waals surface area (Å²) in [5.74, 6) is -0.400. The first-order valence-electron chi connectivity index (χ1n) is 15.6. The molecule has 0 unspecified atom stereocenters. The monoisotopic (exact) mass is 636 g/mol. The lowest BCUT2D eigenvalue weighted by atomic mass is 9.79. The molecule has 2 amide bonds. The topological polar surface area (TPSA) is 114 Å². The molecule has 4 aromatic heterocycles. The number of piperidine rings is 2. The predicted octanol–water partition coefficient (Wildman–Crippen LogP) is 4.16. The van der Waals surface area contributed by atoms with E-state index >= 15 is 0 Å². The molecule has 0 aliphatic carbocycles. The molecular weight excluding hydrogens is 600 g/mol. The Labute approximate surface area is 270 Å². The first-order chi connectivity index (χ1) is 22.3. The maximum atomic E-state index is 14.1. The van der Waals surface area contributed by atoms with Crippen molar-refractivity contribution >= 4 is 34.2 Å². The third kappa shape index (κ3) is 5.65. The van der Waals surface area contributed by atoms with E-state index in [1.165, 1.54) is 22.2 Å². The van der Waals surface area contributed by atoms with Crippen LogP contribution in [0.25, 0.3) is 22.2 Å². The molecule has 10 nitrogen and oxygen atoms in total. The van der Waals surface area contributed by atoms with Gasteiger partial charge in [-0.3, -0.25) is 23.9 Å². The first-order valence-corrected chi connectivity index (χ1v) is 16.5. The van der Waals surface area contributed by atoms with Crippen LogP contribution in [0.3, 0.4) is 0 Å². The van der Waals surface area contributed by atoms with Crippen molar-refractivity contribution in [1.29, 1.82) is 0 Å². The van der Waals surface area contributed by atoms with Crippen molar-refractivity contribution in [1.82, 2.24) is 28.9 Å². The summed E-state index contributed by atoms with van der Waals surface area (Å²) in [6.07, 6.45) is 8.03. The normalized spacial score (nSPS) is 19.8. The number of aromatic nitrogens is 4. The summed E-state index contributed by atoms with van der Waals surface area (Å²) in [6, 6.07) is 17.5. The number of carbonyl (C=O) groups is 2. The van der Waals surface area contributed by atoms with Gasteiger partial charge in [0.2, 0.25) is 5.91 Å². The molecule has 0 spiro atoms. The molecule has 1 N–H and O–H groups in total. The van der Waals surface area contributed by atoms with Crippen LogP contribution in [-0.2, 0) is 18.4 Å². The van der Waals surface area contributed by atoms with Crippen LogP contribution in [0.15, 0.2) is 89.7 Å². The van der Waals surface area contributed by atoms with E-state index in [4.69, 9.17) is 0 Å². The van der Waals surface area contributed by atoms with Crippen molar-refractivity contribution in [3.05, 3.63) is 106 Å². The van der Waals surface area contributed by atoms with Gasteiger partial charge in [-0.1, -0.05) is 30.3 Å². The molecule has 0 saturated carbocycles. The Morgan fingerprint density at radius 1 is 1.00 bits per heavy atom. The third-order valence-corrected chi connectivity index (χ3v) is 10.5. The summed E-state index contributed by atoms with van der Waals surface area (Å²) in [5.41, 5.74) is 2.20. The van der Waals surface area contributed by atoms with Gasteiger partial charge in [-0.2, -0.15) is 0 Å². The van der Waals surface area contributed by atoms with Gasteiger partial charge in [-0.15, -0.1) is 11.3 Å². The minimum absolute atomic E-state index is 0.0184. The number of rotatable bonds is 6. The third-order valence-electron chi connectivity index (χ3n) is 9.62. The lowest BCUT2D eigenvalue weighted by Crippen LogP contribution is -2.53. The van der Waals surface area contributed by atoms with Crippen LogP contribution in [0, 0.1) is 5.92 Å². The van der Waals surface area contributed by atoms with Crippen LogP contribution in [0.1, 0.15) is 40.4 Å². The minimum atomic E-state index is -1.12. The summed E-state index contributed by atoms with van der Waals surface area (Å²) in [6.45, 7) is 1.86. The van der Waals surface area contributed by atoms with E-state index in [2.05, 4.69) is 9.97 Å². The number of carbonyl (C=O) groups excluding carboxylic acids is 2. The molecule has 2 aliphatic heterocycles. The van der Waals surface area contributed by atoms with Gasteiger partial charge < -0.3 is 19.5 Å². The Morgan fingerprint density at radius 3 is 2.52 bits per heavy atom. The number of hydrogen-bond acceptors (Lipinski definition) is 7. The Hall–Kier alpha value is -4.61. The average Bonchev–Trinajstić information content (AvgIpc) is 3.74. The molecule has 46 heavy (non-hydrogen) atoms. The van der Waals surface area contributed by atoms with Gasteiger partial charge in [0.25, 0.3) is 11.5 Å². The number of hydrogen-bond donors (Lipinski definition) is 1. The lowest BCUT2D eigenvalue weighted by Gasteiger charge is -2.43. The highest BCUT2D eigenvalue weighted by molar-refractivity contribution is 7.12. The Balaban J connectivity index is 1.06. The molecular formula is C35H36N6O4S. The smallest absolute Gasteiger partial charge is 0.264 e. The number of aliphatic hydroxyl groups is 1. The van der Waals surface area contributed by atoms with Gasteiger partial charge in [0.15, 0.2) is 0 Å². The fourth-order valence-electron chi connectivity index (χ4n) is 6.99. The van der Waals surface area contributed by atoms with Crippen LogP contribution in [0.2, 0.25) is 0 Å². The summed E-state index contributed by atoms with van der Waals surface area (Å²) in [4.78, 5) is 54.0. The Bertz CT molecular complexity index is 1930. The van der Waals surface area contributed by atoms with Crippen molar-refractivity contribution in [3.8, 4) is 11.1 Å². The minimum Gasteiger partial charge on any atom is -0.388 e. The van der Waals surface area contributed by atoms with Crippen LogP contribution >= 0.6 is 11.3 Å². The maximum absolute atomic E-state index is 14.1. The van der Waals surface area contributed by atoms with Crippen LogP contribution in [-0.4, -0.2) is 77.6 Å². The van der Waals surface area contributed by atoms with Gasteiger partial charge in [-0.25, -0.2) is 4.98 Å². The maximum Gasteiger partial charge on any atom is 0.264 e. The van der Waals surface area contributed by atoms with Crippen LogP contribution in [0.4, 0.5) is 0 Å². The van der Waals surface area contributed by atoms with Gasteiger partial charge in [-0.05, 0) is 60.0 Å². The van der Waals surface area contributed by atoms with E-state index in [1.54, 1.807) is 29.2 Å². The van der Waals surface area contributed by atoms with Crippen molar-refractivity contribution in [2.45, 2.75) is 37.3 Å². The van der Waals surface area contributed by atoms with Crippen molar-refractivity contribution in [3.63, 3.8) is 0 Å². The Morgan fingerprint density at radius 2 is 1.76 bits per heavy atom. The molecule has 0 bridgehead atoms. The molecule has 7 rings (SSSR count). The number of pyridine rings is 1. The highest BCUT2D eigenvalue weighted by Crippen LogP contribution is 2.37. The van der Waals surface area contributed by atoms with Crippen molar-refractivity contribution < 1.29 is 14.7 Å². The van der Waals surface area contributed by atoms with E-state index < -0.39 is 5.60 Å². The summed E-state index contributed by atoms with van der Waals surface area (Å²) in [5, 5.41) is 13.9. The van der Waals surface area contributed by atoms with Crippen molar-refractivity contribution in [2.75, 3.05) is 26.2 Å². The number of aryl methyl sites for hydroxylation is 1. The van der Waals surface area contributed by atoms with Gasteiger partial charge in [0, 0.05) is 69.2 Å². The molecule has 2 aliphatic rings. The zero-order valence-electron chi connectivity index (χ0n) is 25.7. The molecule has 2 atom stereocenters. The SMILES string of the molecule is Cn1ccc2c(=O)n(CC3(O)CCN(C(=O)[C@@H]4CCN(C(=O)c5sccc5-c5ccncc5)C[C@H]4c4ccccc4)CC3)cnc21. The number of likely N-dealkylation sites (tertiary alicyclic amines) is 2. The summed E-state index contributed by atoms with van der Waals surface area (Å²) in [7, 11) is 1.84. The van der Waals surface area contributed by atoms with E-state index in [1.807, 2.05) is 70.8 Å². The fraction of sp³-hybridized carbons (Fsp3) is 0.343. The zero-order valence-corrected chi connectivity index (χ0v) is 26.5. The van der Waals surface area contributed by atoms with E-state index in [0.717, 1.165) is 16.7 Å². The second-order valence-electron chi connectivity index (χ2n) is 12.5. The number of thiophene rings is 1. The molecule has 6 heterocycles. The number of amides is 2. The summed E-state index contributed by atoms with van der Waals surface area (Å²) >= 11 is 1.44. The molecule has 1 aromatic carbocycles. The molecule has 2 fully saturated rings. The lowest BCUT2D eigenvalue weighted by molar-refractivity contribution is -0.142. The summed E-state index contributed by atoms with van der Waals surface area (Å²) < 4.78 is 3.27. The molecule has 11 heteroatoms. The molecule has 2 saturated heterocycles. The second kappa shape index (κ2) is 12.3. The molecule has 0 radical (unpaired) electrons. The van der Waals surface area contributed by atoms with E-state index in [0.29, 0.717) is 61.4 Å². The number of nitrogens with zero attached hydrogens (tertiary/aromatic N) is 6. The Kier molecular flexibility index (Phi) is 8.04. The highest BCUT2D eigenvalue weighted by Gasteiger charge is 2.42. The first kappa shape index (κ1) is 30.1. The molecule has 5 aromatic rings. The number of benzene rings is 1. The van der Waals surface area contributed by atoms with Gasteiger partial charge in [0.1, 0.15) is 12.0 Å². The van der Waals surface area contributed by atoms with Gasteiger partial charge >= 0.3 is 0 Å². The second-order valence-corrected chi connectivity index (χ2v) is 13.4. The van der Waals surface area contributed by atoms with Crippen molar-refractivity contribution in [2.24, 2.45) is 13.0 Å². The molecule has 236 valence electrons. The predicted molar refractivity (Wildman–Crippen MR) is 176 cm³/mol. The van der Waals surface area contributed by atoms with Crippen LogP contribution < -0.4 is 5.56 Å². The zero-order chi connectivity index (χ0) is 31.8. The average molecular weight is 637 g/mol. The van der Waals surface area contributed by atoms with E-state index in [-0.39, 0.29) is 35.8 Å².